The number of anilines is 1. The number of nitrogens with one attached hydrogen (secondary N) is 2. The van der Waals surface area contributed by atoms with Gasteiger partial charge in [-0.2, -0.15) is 5.10 Å². The van der Waals surface area contributed by atoms with E-state index >= 15 is 0 Å². The highest BCUT2D eigenvalue weighted by Crippen LogP contribution is 2.23. The van der Waals surface area contributed by atoms with E-state index in [1.165, 1.54) is 19.2 Å². The minimum Gasteiger partial charge on any atom is -0.476 e. The Morgan fingerprint density at radius 1 is 1.47 bits per heavy atom. The molecule has 1 rings (SSSR count). The molecule has 0 atom stereocenters. The van der Waals surface area contributed by atoms with Gasteiger partial charge in [0, 0.05) is 5.03 Å². The molecule has 0 aliphatic carbocycles. The third-order valence-electron chi connectivity index (χ3n) is 2.17. The molecular formula is C11H11Cl2N3O3. The molecule has 0 saturated heterocycles. The number of aromatic amines is 1. The van der Waals surface area contributed by atoms with Crippen molar-refractivity contribution in [2.75, 3.05) is 5.32 Å². The first-order valence-corrected chi connectivity index (χ1v) is 5.90. The molecule has 0 saturated carbocycles. The highest BCUT2D eigenvalue weighted by molar-refractivity contribution is 6.40. The molecule has 19 heavy (non-hydrogen) atoms. The van der Waals surface area contributed by atoms with E-state index in [1.807, 2.05) is 0 Å². The van der Waals surface area contributed by atoms with Crippen LogP contribution in [0.5, 0.6) is 0 Å². The number of allylic oxidation sites excluding steroid dienone is 2. The van der Waals surface area contributed by atoms with Gasteiger partial charge in [0.05, 0.1) is 22.5 Å². The van der Waals surface area contributed by atoms with Gasteiger partial charge in [0.2, 0.25) is 0 Å². The van der Waals surface area contributed by atoms with E-state index in [4.69, 9.17) is 28.3 Å². The molecule has 8 heteroatoms. The molecule has 1 amide bonds. The molecule has 0 aliphatic rings. The highest BCUT2D eigenvalue weighted by Gasteiger charge is 2.19. The number of nitrogens with zero attached hydrogens (tertiary/aromatic N) is 1. The van der Waals surface area contributed by atoms with Crippen LogP contribution in [0.15, 0.2) is 27.9 Å². The number of carboxylic acid groups (broad SMARTS) is 1. The monoisotopic (exact) mass is 303 g/mol. The number of H-pyrrole nitrogens is 1. The van der Waals surface area contributed by atoms with E-state index < -0.39 is 11.9 Å². The molecule has 0 radical (unpaired) electrons. The predicted molar refractivity (Wildman–Crippen MR) is 72.3 cm³/mol. The Hall–Kier alpha value is -1.79. The van der Waals surface area contributed by atoms with Crippen LogP contribution in [0.3, 0.4) is 0 Å². The Bertz CT molecular complexity index is 571. The van der Waals surface area contributed by atoms with Gasteiger partial charge in [0.25, 0.3) is 5.91 Å². The average Bonchev–Trinajstić information content (AvgIpc) is 2.76. The molecule has 1 aromatic heterocycles. The minimum atomic E-state index is -1.24. The number of hydrogen-bond acceptors (Lipinski definition) is 3. The molecule has 102 valence electrons. The van der Waals surface area contributed by atoms with E-state index in [0.717, 1.165) is 0 Å². The Morgan fingerprint density at radius 3 is 2.58 bits per heavy atom. The van der Waals surface area contributed by atoms with Gasteiger partial charge < -0.3 is 10.4 Å². The zero-order valence-electron chi connectivity index (χ0n) is 10.1. The molecule has 3 N–H and O–H groups in total. The fourth-order valence-corrected chi connectivity index (χ4v) is 1.77. The summed E-state index contributed by atoms with van der Waals surface area (Å²) in [5.41, 5.74) is -0.117. The summed E-state index contributed by atoms with van der Waals surface area (Å²) >= 11 is 11.7. The SMILES string of the molecule is C/C=C(Cl)\C(C(=O)Nc1cn[nH]c1C(=O)O)=C(/C)Cl. The van der Waals surface area contributed by atoms with Crippen molar-refractivity contribution < 1.29 is 14.7 Å². The summed E-state index contributed by atoms with van der Waals surface area (Å²) in [6.07, 6.45) is 2.70. The quantitative estimate of drug-likeness (QED) is 0.588. The van der Waals surface area contributed by atoms with Crippen LogP contribution in [0.25, 0.3) is 0 Å². The number of hydrogen-bond donors (Lipinski definition) is 3. The summed E-state index contributed by atoms with van der Waals surface area (Å²) in [4.78, 5) is 22.9. The maximum Gasteiger partial charge on any atom is 0.356 e. The van der Waals surface area contributed by atoms with Crippen LogP contribution < -0.4 is 5.32 Å². The van der Waals surface area contributed by atoms with Crippen molar-refractivity contribution in [1.29, 1.82) is 0 Å². The van der Waals surface area contributed by atoms with Crippen molar-refractivity contribution in [2.45, 2.75) is 13.8 Å². The van der Waals surface area contributed by atoms with E-state index in [9.17, 15) is 9.59 Å². The molecule has 6 nitrogen and oxygen atoms in total. The van der Waals surface area contributed by atoms with Crippen LogP contribution in [0.2, 0.25) is 0 Å². The smallest absolute Gasteiger partial charge is 0.356 e. The Morgan fingerprint density at radius 2 is 2.11 bits per heavy atom. The van der Waals surface area contributed by atoms with Crippen LogP contribution in [0, 0.1) is 0 Å². The van der Waals surface area contributed by atoms with Crippen molar-refractivity contribution in [3.05, 3.63) is 33.6 Å². The molecule has 1 heterocycles. The second-order valence-corrected chi connectivity index (χ2v) is 4.44. The number of amides is 1. The first-order chi connectivity index (χ1) is 8.88. The Balaban J connectivity index is 3.05. The first-order valence-electron chi connectivity index (χ1n) is 5.15. The van der Waals surface area contributed by atoms with Gasteiger partial charge in [-0.15, -0.1) is 0 Å². The number of carboxylic acids is 1. The zero-order valence-corrected chi connectivity index (χ0v) is 11.6. The lowest BCUT2D eigenvalue weighted by Gasteiger charge is -2.08. The maximum atomic E-state index is 12.0. The third kappa shape index (κ3) is 3.59. The van der Waals surface area contributed by atoms with Crippen molar-refractivity contribution in [3.63, 3.8) is 0 Å². The number of carbonyl (C=O) groups is 2. The van der Waals surface area contributed by atoms with Crippen molar-refractivity contribution >= 4 is 40.8 Å². The normalized spacial score (nSPS) is 12.9. The van der Waals surface area contributed by atoms with Gasteiger partial charge >= 0.3 is 5.97 Å². The van der Waals surface area contributed by atoms with Crippen LogP contribution in [0.1, 0.15) is 24.3 Å². The van der Waals surface area contributed by atoms with Gasteiger partial charge in [-0.25, -0.2) is 4.79 Å². The van der Waals surface area contributed by atoms with Crippen molar-refractivity contribution in [3.8, 4) is 0 Å². The van der Waals surface area contributed by atoms with Gasteiger partial charge in [0.15, 0.2) is 5.69 Å². The third-order valence-corrected chi connectivity index (χ3v) is 2.76. The second kappa shape index (κ2) is 6.40. The van der Waals surface area contributed by atoms with Crippen LogP contribution >= 0.6 is 23.2 Å². The van der Waals surface area contributed by atoms with Gasteiger partial charge in [-0.1, -0.05) is 29.3 Å². The maximum absolute atomic E-state index is 12.0. The zero-order chi connectivity index (χ0) is 14.6. The largest absolute Gasteiger partial charge is 0.476 e. The number of rotatable bonds is 4. The van der Waals surface area contributed by atoms with Crippen LogP contribution in [-0.2, 0) is 4.79 Å². The van der Waals surface area contributed by atoms with Gasteiger partial charge in [0.1, 0.15) is 0 Å². The Labute approximate surface area is 119 Å². The summed E-state index contributed by atoms with van der Waals surface area (Å²) in [6.45, 7) is 3.16. The van der Waals surface area contributed by atoms with Crippen LogP contribution in [0.4, 0.5) is 5.69 Å². The Kier molecular flexibility index (Phi) is 5.14. The second-order valence-electron chi connectivity index (χ2n) is 3.46. The standard InChI is InChI=1S/C11H11Cl2N3O3/c1-3-6(13)8(5(2)12)10(17)15-7-4-14-16-9(7)11(18)19/h3-4H,1-2H3,(H,14,16)(H,15,17)(H,18,19)/b6-3+,8-5-. The lowest BCUT2D eigenvalue weighted by Crippen LogP contribution is -2.17. The van der Waals surface area contributed by atoms with E-state index in [0.29, 0.717) is 0 Å². The van der Waals surface area contributed by atoms with E-state index in [-0.39, 0.29) is 27.0 Å². The summed E-state index contributed by atoms with van der Waals surface area (Å²) < 4.78 is 0. The van der Waals surface area contributed by atoms with Gasteiger partial charge in [-0.05, 0) is 13.8 Å². The van der Waals surface area contributed by atoms with E-state index in [2.05, 4.69) is 15.5 Å². The van der Waals surface area contributed by atoms with Crippen molar-refractivity contribution in [1.82, 2.24) is 10.2 Å². The molecule has 0 unspecified atom stereocenters. The first kappa shape index (κ1) is 15.3. The summed E-state index contributed by atoms with van der Waals surface area (Å²) in [6, 6.07) is 0. The predicted octanol–water partition coefficient (Wildman–Crippen LogP) is 2.70. The number of aromatic carboxylic acids is 1. The molecule has 0 fully saturated rings. The molecular weight excluding hydrogens is 293 g/mol. The fraction of sp³-hybridized carbons (Fsp3) is 0.182. The van der Waals surface area contributed by atoms with Gasteiger partial charge in [-0.3, -0.25) is 9.89 Å². The molecule has 0 spiro atoms. The highest BCUT2D eigenvalue weighted by atomic mass is 35.5. The van der Waals surface area contributed by atoms with E-state index in [1.54, 1.807) is 6.92 Å². The summed E-state index contributed by atoms with van der Waals surface area (Å²) in [5, 5.41) is 17.4. The number of carbonyl (C=O) groups excluding carboxylic acids is 1. The lowest BCUT2D eigenvalue weighted by atomic mass is 10.2. The summed E-state index contributed by atoms with van der Waals surface area (Å²) in [5.74, 6) is -1.85. The molecule has 1 aromatic rings. The molecule has 0 aromatic carbocycles. The van der Waals surface area contributed by atoms with Crippen molar-refractivity contribution in [2.24, 2.45) is 0 Å². The topological polar surface area (TPSA) is 95.1 Å². The fourth-order valence-electron chi connectivity index (χ4n) is 1.30. The molecule has 0 bridgehead atoms. The number of aromatic nitrogens is 2. The number of halogens is 2. The molecule has 0 aliphatic heterocycles. The lowest BCUT2D eigenvalue weighted by molar-refractivity contribution is -0.112. The minimum absolute atomic E-state index is 0.0356. The van der Waals surface area contributed by atoms with Crippen LogP contribution in [-0.4, -0.2) is 27.2 Å². The average molecular weight is 304 g/mol. The summed E-state index contributed by atoms with van der Waals surface area (Å²) in [7, 11) is 0.